The molecule has 1 aromatic rings. The molecule has 0 aliphatic rings. The number of terminal acetylenes is 1. The summed E-state index contributed by atoms with van der Waals surface area (Å²) in [6, 6.07) is 6.90. The van der Waals surface area contributed by atoms with Crippen molar-refractivity contribution in [3.63, 3.8) is 0 Å². The van der Waals surface area contributed by atoms with E-state index in [2.05, 4.69) is 18.2 Å². The maximum absolute atomic E-state index is 13.6. The minimum Gasteiger partial charge on any atom is -0.310 e. The van der Waals surface area contributed by atoms with Gasteiger partial charge in [0.1, 0.15) is 5.82 Å². The number of halogens is 1. The van der Waals surface area contributed by atoms with Gasteiger partial charge < -0.3 is 5.32 Å². The van der Waals surface area contributed by atoms with E-state index in [1.54, 1.807) is 6.07 Å². The highest BCUT2D eigenvalue weighted by molar-refractivity contribution is 5.21. The van der Waals surface area contributed by atoms with E-state index in [9.17, 15) is 4.39 Å². The van der Waals surface area contributed by atoms with Gasteiger partial charge in [-0.3, -0.25) is 0 Å². The Balaban J connectivity index is 2.75. The highest BCUT2D eigenvalue weighted by Crippen LogP contribution is 2.21. The molecule has 0 aliphatic carbocycles. The third-order valence-electron chi connectivity index (χ3n) is 2.50. The maximum atomic E-state index is 13.6. The van der Waals surface area contributed by atoms with Crippen molar-refractivity contribution in [2.24, 2.45) is 0 Å². The molecule has 86 valence electrons. The Bertz CT molecular complexity index is 354. The van der Waals surface area contributed by atoms with Crippen LogP contribution in [0.1, 0.15) is 37.8 Å². The minimum absolute atomic E-state index is 0.0252. The molecule has 0 bridgehead atoms. The summed E-state index contributed by atoms with van der Waals surface area (Å²) in [6.07, 6.45) is 7.72. The molecule has 0 amide bonds. The standard InChI is InChI=1S/C14H18FN/c1-3-5-10-14(16-11-4-2)12-8-6-7-9-13(12)15/h1,6-9,14,16H,4-5,10-11H2,2H3. The zero-order valence-corrected chi connectivity index (χ0v) is 9.67. The fourth-order valence-electron chi connectivity index (χ4n) is 1.67. The van der Waals surface area contributed by atoms with Crippen LogP contribution in [0.5, 0.6) is 0 Å². The van der Waals surface area contributed by atoms with Crippen LogP contribution in [0, 0.1) is 18.2 Å². The van der Waals surface area contributed by atoms with Gasteiger partial charge in [-0.1, -0.05) is 25.1 Å². The summed E-state index contributed by atoms with van der Waals surface area (Å²) < 4.78 is 13.6. The first kappa shape index (κ1) is 12.7. The summed E-state index contributed by atoms with van der Waals surface area (Å²) in [4.78, 5) is 0. The van der Waals surface area contributed by atoms with Gasteiger partial charge in [-0.25, -0.2) is 4.39 Å². The Morgan fingerprint density at radius 3 is 2.81 bits per heavy atom. The van der Waals surface area contributed by atoms with Gasteiger partial charge in [-0.2, -0.15) is 0 Å². The number of hydrogen-bond donors (Lipinski definition) is 1. The summed E-state index contributed by atoms with van der Waals surface area (Å²) in [6.45, 7) is 2.97. The molecule has 16 heavy (non-hydrogen) atoms. The van der Waals surface area contributed by atoms with Crippen LogP contribution < -0.4 is 5.32 Å². The van der Waals surface area contributed by atoms with E-state index < -0.39 is 0 Å². The van der Waals surface area contributed by atoms with Crippen LogP contribution in [0.2, 0.25) is 0 Å². The largest absolute Gasteiger partial charge is 0.310 e. The van der Waals surface area contributed by atoms with Crippen LogP contribution in [-0.2, 0) is 0 Å². The third kappa shape index (κ3) is 3.67. The first-order valence-corrected chi connectivity index (χ1v) is 5.70. The topological polar surface area (TPSA) is 12.0 Å². The first-order chi connectivity index (χ1) is 7.79. The van der Waals surface area contributed by atoms with Crippen molar-refractivity contribution in [1.82, 2.24) is 5.32 Å². The van der Waals surface area contributed by atoms with Gasteiger partial charge in [-0.15, -0.1) is 12.3 Å². The molecule has 0 saturated heterocycles. The van der Waals surface area contributed by atoms with Gasteiger partial charge in [-0.05, 0) is 25.5 Å². The molecule has 1 nitrogen and oxygen atoms in total. The molecule has 1 atom stereocenters. The molecule has 2 heteroatoms. The van der Waals surface area contributed by atoms with Crippen LogP contribution in [0.25, 0.3) is 0 Å². The van der Waals surface area contributed by atoms with Crippen LogP contribution in [0.3, 0.4) is 0 Å². The normalized spacial score (nSPS) is 12.1. The summed E-state index contributed by atoms with van der Waals surface area (Å²) >= 11 is 0. The smallest absolute Gasteiger partial charge is 0.127 e. The zero-order valence-electron chi connectivity index (χ0n) is 9.67. The van der Waals surface area contributed by atoms with Crippen molar-refractivity contribution >= 4 is 0 Å². The highest BCUT2D eigenvalue weighted by Gasteiger charge is 2.13. The summed E-state index contributed by atoms with van der Waals surface area (Å²) in [5.74, 6) is 2.44. The molecule has 0 aliphatic heterocycles. The lowest BCUT2D eigenvalue weighted by atomic mass is 10.0. The SMILES string of the molecule is C#CCCC(NCCC)c1ccccc1F. The summed E-state index contributed by atoms with van der Waals surface area (Å²) in [5.41, 5.74) is 0.714. The molecule has 1 aromatic carbocycles. The fourth-order valence-corrected chi connectivity index (χ4v) is 1.67. The van der Waals surface area contributed by atoms with Crippen molar-refractivity contribution in [3.8, 4) is 12.3 Å². The zero-order chi connectivity index (χ0) is 11.8. The monoisotopic (exact) mass is 219 g/mol. The van der Waals surface area contributed by atoms with Gasteiger partial charge >= 0.3 is 0 Å². The van der Waals surface area contributed by atoms with Crippen molar-refractivity contribution in [3.05, 3.63) is 35.6 Å². The lowest BCUT2D eigenvalue weighted by Gasteiger charge is -2.18. The Hall–Kier alpha value is -1.33. The van der Waals surface area contributed by atoms with Crippen LogP contribution in [0.15, 0.2) is 24.3 Å². The molecular weight excluding hydrogens is 201 g/mol. The van der Waals surface area contributed by atoms with E-state index in [0.717, 1.165) is 19.4 Å². The molecule has 0 fully saturated rings. The fraction of sp³-hybridized carbons (Fsp3) is 0.429. The third-order valence-corrected chi connectivity index (χ3v) is 2.50. The van der Waals surface area contributed by atoms with Crippen LogP contribution >= 0.6 is 0 Å². The molecule has 1 rings (SSSR count). The van der Waals surface area contributed by atoms with Crippen molar-refractivity contribution < 1.29 is 4.39 Å². The average molecular weight is 219 g/mol. The molecule has 0 spiro atoms. The van der Waals surface area contributed by atoms with Gasteiger partial charge in [0.2, 0.25) is 0 Å². The number of rotatable bonds is 6. The molecular formula is C14H18FN. The molecule has 0 aromatic heterocycles. The second kappa shape index (κ2) is 7.03. The Labute approximate surface area is 97.1 Å². The predicted molar refractivity (Wildman–Crippen MR) is 65.5 cm³/mol. The molecule has 0 heterocycles. The lowest BCUT2D eigenvalue weighted by Crippen LogP contribution is -2.23. The van der Waals surface area contributed by atoms with Gasteiger partial charge in [0.15, 0.2) is 0 Å². The molecule has 1 unspecified atom stereocenters. The predicted octanol–water partition coefficient (Wildman–Crippen LogP) is 3.28. The first-order valence-electron chi connectivity index (χ1n) is 5.70. The highest BCUT2D eigenvalue weighted by atomic mass is 19.1. The van der Waals surface area contributed by atoms with E-state index >= 15 is 0 Å². The quantitative estimate of drug-likeness (QED) is 0.724. The Morgan fingerprint density at radius 1 is 1.44 bits per heavy atom. The van der Waals surface area contributed by atoms with Gasteiger partial charge in [0, 0.05) is 18.0 Å². The second-order valence-corrected chi connectivity index (χ2v) is 3.77. The Kier molecular flexibility index (Phi) is 5.60. The summed E-state index contributed by atoms with van der Waals surface area (Å²) in [7, 11) is 0. The van der Waals surface area contributed by atoms with Crippen molar-refractivity contribution in [2.45, 2.75) is 32.2 Å². The van der Waals surface area contributed by atoms with E-state index in [0.29, 0.717) is 12.0 Å². The van der Waals surface area contributed by atoms with Crippen LogP contribution in [-0.4, -0.2) is 6.54 Å². The number of benzene rings is 1. The van der Waals surface area contributed by atoms with Crippen molar-refractivity contribution in [1.29, 1.82) is 0 Å². The molecule has 1 N–H and O–H groups in total. The summed E-state index contributed by atoms with van der Waals surface area (Å²) in [5, 5.41) is 3.33. The lowest BCUT2D eigenvalue weighted by molar-refractivity contribution is 0.478. The minimum atomic E-state index is -0.159. The van der Waals surface area contributed by atoms with E-state index in [4.69, 9.17) is 6.42 Å². The number of hydrogen-bond acceptors (Lipinski definition) is 1. The van der Waals surface area contributed by atoms with E-state index in [1.165, 1.54) is 6.07 Å². The molecule has 0 saturated carbocycles. The van der Waals surface area contributed by atoms with Gasteiger partial charge in [0.25, 0.3) is 0 Å². The van der Waals surface area contributed by atoms with Crippen molar-refractivity contribution in [2.75, 3.05) is 6.54 Å². The van der Waals surface area contributed by atoms with E-state index in [-0.39, 0.29) is 11.9 Å². The van der Waals surface area contributed by atoms with E-state index in [1.807, 2.05) is 12.1 Å². The average Bonchev–Trinajstić information content (AvgIpc) is 2.31. The molecule has 0 radical (unpaired) electrons. The maximum Gasteiger partial charge on any atom is 0.127 e. The Morgan fingerprint density at radius 2 is 2.19 bits per heavy atom. The van der Waals surface area contributed by atoms with Gasteiger partial charge in [0.05, 0.1) is 0 Å². The van der Waals surface area contributed by atoms with Crippen LogP contribution in [0.4, 0.5) is 4.39 Å². The second-order valence-electron chi connectivity index (χ2n) is 3.77. The number of nitrogens with one attached hydrogen (secondary N) is 1.